The average molecular weight is 557 g/mol. The van der Waals surface area contributed by atoms with E-state index in [9.17, 15) is 20.0 Å². The number of morpholine rings is 1. The molecule has 1 amide bonds. The molecule has 0 aliphatic carbocycles. The smallest absolute Gasteiger partial charge is 0.347 e. The molecule has 2 fully saturated rings. The third-order valence-electron chi connectivity index (χ3n) is 6.36. The van der Waals surface area contributed by atoms with Gasteiger partial charge in [-0.2, -0.15) is 5.26 Å². The first-order valence-electron chi connectivity index (χ1n) is 11.3. The molecule has 4 rings (SSSR count). The van der Waals surface area contributed by atoms with E-state index >= 15 is 0 Å². The minimum Gasteiger partial charge on any atom is -0.477 e. The fraction of sp³-hybridized carbons (Fsp3) is 0.545. The van der Waals surface area contributed by atoms with Crippen molar-refractivity contribution in [2.45, 2.75) is 31.5 Å². The Morgan fingerprint density at radius 1 is 1.33 bits per heavy atom. The molecule has 0 saturated carbocycles. The number of hydrogen-bond acceptors (Lipinski definition) is 9. The number of carboxylic acid groups (broad SMARTS) is 1. The van der Waals surface area contributed by atoms with Crippen molar-refractivity contribution in [2.24, 2.45) is 0 Å². The number of piperidine rings is 1. The first-order valence-corrected chi connectivity index (χ1v) is 12.9. The number of nitrogens with zero attached hydrogens (tertiary/aromatic N) is 4. The molecular formula is C22H26Cl2N6O5S. The minimum absolute atomic E-state index is 0.0427. The molecule has 3 N–H and O–H groups in total. The number of carbonyl (C=O) groups is 2. The van der Waals surface area contributed by atoms with E-state index in [1.54, 1.807) is 14.0 Å². The van der Waals surface area contributed by atoms with Crippen LogP contribution in [0.4, 0.5) is 5.13 Å². The number of aromatic amines is 1. The summed E-state index contributed by atoms with van der Waals surface area (Å²) >= 11 is 13.3. The quantitative estimate of drug-likeness (QED) is 0.468. The number of aromatic nitrogens is 2. The van der Waals surface area contributed by atoms with E-state index in [1.807, 2.05) is 9.80 Å². The molecule has 2 aliphatic rings. The maximum absolute atomic E-state index is 12.8. The summed E-state index contributed by atoms with van der Waals surface area (Å²) < 4.78 is 11.0. The van der Waals surface area contributed by atoms with Gasteiger partial charge in [-0.05, 0) is 13.3 Å². The molecule has 2 saturated heterocycles. The summed E-state index contributed by atoms with van der Waals surface area (Å²) in [6.07, 6.45) is 0.136. The normalized spacial score (nSPS) is 21.7. The predicted octanol–water partition coefficient (Wildman–Crippen LogP) is 2.71. The van der Waals surface area contributed by atoms with Crippen LogP contribution in [0.15, 0.2) is 0 Å². The number of thiazole rings is 1. The standard InChI is InChI=1S/C22H26Cl2N6O5S/c1-11-15(23)16(24)18(26-11)20(31)27-12-3-4-30(10-14(12)34-2)22-28-17(19(36-22)21(32)33)13(9-25)29-5-7-35-8-6-29/h12-14,26H,3-8,10H2,1-2H3,(H,27,31)(H,32,33). The molecule has 0 bridgehead atoms. The van der Waals surface area contributed by atoms with Gasteiger partial charge in [0, 0.05) is 39.0 Å². The number of anilines is 1. The predicted molar refractivity (Wildman–Crippen MR) is 134 cm³/mol. The van der Waals surface area contributed by atoms with E-state index in [0.717, 1.165) is 11.3 Å². The summed E-state index contributed by atoms with van der Waals surface area (Å²) in [4.78, 5) is 36.2. The first kappa shape index (κ1) is 26.7. The van der Waals surface area contributed by atoms with Crippen molar-refractivity contribution in [3.8, 4) is 6.07 Å². The number of rotatable bonds is 7. The lowest BCUT2D eigenvalue weighted by Crippen LogP contribution is -2.55. The molecule has 194 valence electrons. The Balaban J connectivity index is 1.50. The Morgan fingerprint density at radius 3 is 2.64 bits per heavy atom. The van der Waals surface area contributed by atoms with Crippen molar-refractivity contribution in [3.63, 3.8) is 0 Å². The molecule has 0 aromatic carbocycles. The monoisotopic (exact) mass is 556 g/mol. The summed E-state index contributed by atoms with van der Waals surface area (Å²) in [6.45, 7) is 4.61. The molecule has 36 heavy (non-hydrogen) atoms. The first-order chi connectivity index (χ1) is 17.2. The van der Waals surface area contributed by atoms with Gasteiger partial charge in [0.15, 0.2) is 5.13 Å². The Labute approximate surface area is 221 Å². The highest BCUT2D eigenvalue weighted by Gasteiger charge is 2.36. The molecule has 3 unspecified atom stereocenters. The third kappa shape index (κ3) is 5.32. The van der Waals surface area contributed by atoms with E-state index in [4.69, 9.17) is 32.7 Å². The number of H-pyrrole nitrogens is 1. The van der Waals surface area contributed by atoms with Gasteiger partial charge in [-0.25, -0.2) is 9.78 Å². The molecule has 2 aromatic heterocycles. The fourth-order valence-electron chi connectivity index (χ4n) is 4.41. The molecule has 3 atom stereocenters. The highest BCUT2D eigenvalue weighted by molar-refractivity contribution is 7.17. The second kappa shape index (κ2) is 11.3. The Bertz CT molecular complexity index is 1170. The zero-order valence-corrected chi connectivity index (χ0v) is 22.0. The molecule has 0 spiro atoms. The van der Waals surface area contributed by atoms with E-state index in [-0.39, 0.29) is 39.3 Å². The number of nitrogens with one attached hydrogen (secondary N) is 2. The molecule has 2 aromatic rings. The van der Waals surface area contributed by atoms with Gasteiger partial charge in [-0.3, -0.25) is 9.69 Å². The summed E-state index contributed by atoms with van der Waals surface area (Å²) in [5.41, 5.74) is 1.04. The van der Waals surface area contributed by atoms with Gasteiger partial charge in [0.05, 0.1) is 41.5 Å². The highest BCUT2D eigenvalue weighted by atomic mass is 35.5. The molecule has 0 radical (unpaired) electrons. The molecule has 4 heterocycles. The number of carboxylic acids is 1. The lowest BCUT2D eigenvalue weighted by Gasteiger charge is -2.38. The van der Waals surface area contributed by atoms with Gasteiger partial charge in [0.1, 0.15) is 22.3 Å². The number of aromatic carboxylic acids is 1. The highest BCUT2D eigenvalue weighted by Crippen LogP contribution is 2.35. The Hall–Kier alpha value is -2.40. The molecule has 14 heteroatoms. The van der Waals surface area contributed by atoms with Gasteiger partial charge < -0.3 is 29.8 Å². The number of hydrogen-bond donors (Lipinski definition) is 3. The number of methoxy groups -OCH3 is 1. The topological polar surface area (TPSA) is 144 Å². The maximum atomic E-state index is 12.8. The summed E-state index contributed by atoms with van der Waals surface area (Å²) in [5, 5.41) is 23.6. The number of amides is 1. The molecule has 2 aliphatic heterocycles. The van der Waals surface area contributed by atoms with Crippen LogP contribution < -0.4 is 10.2 Å². The van der Waals surface area contributed by atoms with Gasteiger partial charge >= 0.3 is 5.97 Å². The number of halogens is 2. The van der Waals surface area contributed by atoms with Crippen LogP contribution in [0.25, 0.3) is 0 Å². The summed E-state index contributed by atoms with van der Waals surface area (Å²) in [7, 11) is 1.55. The van der Waals surface area contributed by atoms with Crippen molar-refractivity contribution in [1.29, 1.82) is 5.26 Å². The van der Waals surface area contributed by atoms with Crippen LogP contribution in [-0.4, -0.2) is 90.5 Å². The van der Waals surface area contributed by atoms with E-state index in [2.05, 4.69) is 21.4 Å². The van der Waals surface area contributed by atoms with Crippen molar-refractivity contribution in [3.05, 3.63) is 32.0 Å². The van der Waals surface area contributed by atoms with Crippen LogP contribution in [0.1, 0.15) is 44.0 Å². The number of carbonyl (C=O) groups excluding carboxylic acids is 1. The summed E-state index contributed by atoms with van der Waals surface area (Å²) in [5.74, 6) is -1.51. The second-order valence-electron chi connectivity index (χ2n) is 8.54. The van der Waals surface area contributed by atoms with E-state index in [1.165, 1.54) is 0 Å². The molecular weight excluding hydrogens is 531 g/mol. The fourth-order valence-corrected chi connectivity index (χ4v) is 5.80. The minimum atomic E-state index is -1.12. The van der Waals surface area contributed by atoms with Crippen LogP contribution in [0.3, 0.4) is 0 Å². The summed E-state index contributed by atoms with van der Waals surface area (Å²) in [6, 6.07) is 1.12. The number of ether oxygens (including phenoxy) is 2. The lowest BCUT2D eigenvalue weighted by molar-refractivity contribution is 0.0258. The lowest BCUT2D eigenvalue weighted by atomic mass is 10.0. The zero-order valence-electron chi connectivity index (χ0n) is 19.7. The van der Waals surface area contributed by atoms with Gasteiger partial charge in [0.25, 0.3) is 5.91 Å². The van der Waals surface area contributed by atoms with Crippen molar-refractivity contribution in [1.82, 2.24) is 20.2 Å². The SMILES string of the molecule is COC1CN(c2nc(C(C#N)N3CCOCC3)c(C(=O)O)s2)CCC1NC(=O)c1[nH]c(C)c(Cl)c1Cl. The number of aryl methyl sites for hydroxylation is 1. The van der Waals surface area contributed by atoms with Gasteiger partial charge in [0.2, 0.25) is 0 Å². The van der Waals surface area contributed by atoms with Crippen molar-refractivity contribution >= 4 is 51.5 Å². The van der Waals surface area contributed by atoms with Gasteiger partial charge in [-0.1, -0.05) is 34.5 Å². The number of nitriles is 1. The van der Waals surface area contributed by atoms with Crippen LogP contribution in [0, 0.1) is 18.3 Å². The van der Waals surface area contributed by atoms with Crippen LogP contribution >= 0.6 is 34.5 Å². The third-order valence-corrected chi connectivity index (χ3v) is 8.43. The Kier molecular flexibility index (Phi) is 8.39. The van der Waals surface area contributed by atoms with Gasteiger partial charge in [-0.15, -0.1) is 0 Å². The average Bonchev–Trinajstić information content (AvgIpc) is 3.43. The van der Waals surface area contributed by atoms with E-state index < -0.39 is 12.0 Å². The van der Waals surface area contributed by atoms with Crippen LogP contribution in [0.2, 0.25) is 10.0 Å². The van der Waals surface area contributed by atoms with Crippen LogP contribution in [-0.2, 0) is 9.47 Å². The Morgan fingerprint density at radius 2 is 2.06 bits per heavy atom. The van der Waals surface area contributed by atoms with Crippen molar-refractivity contribution in [2.75, 3.05) is 51.4 Å². The molecule has 11 nitrogen and oxygen atoms in total. The van der Waals surface area contributed by atoms with Crippen LogP contribution in [0.5, 0.6) is 0 Å². The second-order valence-corrected chi connectivity index (χ2v) is 10.3. The zero-order chi connectivity index (χ0) is 26.0. The van der Waals surface area contributed by atoms with E-state index in [0.29, 0.717) is 61.7 Å². The maximum Gasteiger partial charge on any atom is 0.347 e. The largest absolute Gasteiger partial charge is 0.477 e. The van der Waals surface area contributed by atoms with Crippen molar-refractivity contribution < 1.29 is 24.2 Å².